The predicted octanol–water partition coefficient (Wildman–Crippen LogP) is 3.65. The number of methoxy groups -OCH3 is 1. The Bertz CT molecular complexity index is 558. The summed E-state index contributed by atoms with van der Waals surface area (Å²) in [4.78, 5) is 0. The highest BCUT2D eigenvalue weighted by atomic mass is 35.5. The molecule has 0 radical (unpaired) electrons. The number of rotatable bonds is 5. The molecule has 0 bridgehead atoms. The Morgan fingerprint density at radius 3 is 2.68 bits per heavy atom. The van der Waals surface area contributed by atoms with Crippen molar-refractivity contribution in [3.8, 4) is 5.75 Å². The van der Waals surface area contributed by atoms with E-state index < -0.39 is 0 Å². The SMILES string of the molecule is COc1cc(N)ccc1COCc1cccc(Cl)c1. The van der Waals surface area contributed by atoms with Gasteiger partial charge in [0.25, 0.3) is 0 Å². The fraction of sp³-hybridized carbons (Fsp3) is 0.200. The van der Waals surface area contributed by atoms with Crippen LogP contribution < -0.4 is 10.5 Å². The van der Waals surface area contributed by atoms with Crippen LogP contribution in [0.3, 0.4) is 0 Å². The van der Waals surface area contributed by atoms with Crippen LogP contribution >= 0.6 is 11.6 Å². The van der Waals surface area contributed by atoms with Crippen LogP contribution in [-0.2, 0) is 18.0 Å². The standard InChI is InChI=1S/C15H16ClNO2/c1-18-15-8-14(17)6-5-12(15)10-19-9-11-3-2-4-13(16)7-11/h2-8H,9-10,17H2,1H3. The predicted molar refractivity (Wildman–Crippen MR) is 77.4 cm³/mol. The number of hydrogen-bond acceptors (Lipinski definition) is 3. The van der Waals surface area contributed by atoms with Crippen LogP contribution in [0.25, 0.3) is 0 Å². The topological polar surface area (TPSA) is 44.5 Å². The lowest BCUT2D eigenvalue weighted by molar-refractivity contribution is 0.105. The molecule has 2 aromatic rings. The van der Waals surface area contributed by atoms with Crippen molar-refractivity contribution in [3.63, 3.8) is 0 Å². The molecule has 0 aliphatic carbocycles. The Kier molecular flexibility index (Phi) is 4.66. The van der Waals surface area contributed by atoms with E-state index in [1.165, 1.54) is 0 Å². The number of hydrogen-bond donors (Lipinski definition) is 1. The largest absolute Gasteiger partial charge is 0.496 e. The molecular weight excluding hydrogens is 262 g/mol. The van der Waals surface area contributed by atoms with Crippen molar-refractivity contribution in [1.29, 1.82) is 0 Å². The minimum absolute atomic E-state index is 0.468. The summed E-state index contributed by atoms with van der Waals surface area (Å²) in [6.07, 6.45) is 0. The van der Waals surface area contributed by atoms with Crippen LogP contribution in [0.2, 0.25) is 5.02 Å². The van der Waals surface area contributed by atoms with Crippen molar-refractivity contribution in [2.75, 3.05) is 12.8 Å². The molecule has 0 atom stereocenters. The summed E-state index contributed by atoms with van der Waals surface area (Å²) < 4.78 is 10.9. The van der Waals surface area contributed by atoms with E-state index in [0.29, 0.717) is 23.9 Å². The second kappa shape index (κ2) is 6.45. The van der Waals surface area contributed by atoms with Gasteiger partial charge < -0.3 is 15.2 Å². The average Bonchev–Trinajstić information content (AvgIpc) is 2.40. The first-order chi connectivity index (χ1) is 9.19. The second-order valence-electron chi connectivity index (χ2n) is 4.19. The number of benzene rings is 2. The molecule has 0 aliphatic heterocycles. The lowest BCUT2D eigenvalue weighted by Gasteiger charge is -2.10. The summed E-state index contributed by atoms with van der Waals surface area (Å²) in [5, 5.41) is 0.714. The normalized spacial score (nSPS) is 10.4. The molecule has 2 rings (SSSR count). The van der Waals surface area contributed by atoms with Gasteiger partial charge in [-0.2, -0.15) is 0 Å². The van der Waals surface area contributed by atoms with Crippen molar-refractivity contribution in [2.24, 2.45) is 0 Å². The Labute approximate surface area is 117 Å². The number of ether oxygens (including phenoxy) is 2. The van der Waals surface area contributed by atoms with Crippen LogP contribution in [0.15, 0.2) is 42.5 Å². The van der Waals surface area contributed by atoms with Crippen LogP contribution in [0.1, 0.15) is 11.1 Å². The highest BCUT2D eigenvalue weighted by Crippen LogP contribution is 2.22. The molecule has 3 nitrogen and oxygen atoms in total. The number of halogens is 1. The Morgan fingerprint density at radius 1 is 1.11 bits per heavy atom. The van der Waals surface area contributed by atoms with Gasteiger partial charge in [-0.05, 0) is 23.8 Å². The third-order valence-corrected chi connectivity index (χ3v) is 2.96. The lowest BCUT2D eigenvalue weighted by atomic mass is 10.2. The summed E-state index contributed by atoms with van der Waals surface area (Å²) in [6.45, 7) is 0.976. The van der Waals surface area contributed by atoms with E-state index in [9.17, 15) is 0 Å². The number of anilines is 1. The van der Waals surface area contributed by atoms with Gasteiger partial charge in [-0.15, -0.1) is 0 Å². The molecule has 0 amide bonds. The average molecular weight is 278 g/mol. The maximum absolute atomic E-state index is 5.92. The number of nitrogen functional groups attached to an aromatic ring is 1. The highest BCUT2D eigenvalue weighted by molar-refractivity contribution is 6.30. The van der Waals surface area contributed by atoms with Gasteiger partial charge in [-0.1, -0.05) is 29.8 Å². The van der Waals surface area contributed by atoms with Gasteiger partial charge >= 0.3 is 0 Å². The summed E-state index contributed by atoms with van der Waals surface area (Å²) in [7, 11) is 1.62. The molecule has 0 spiro atoms. The quantitative estimate of drug-likeness (QED) is 0.849. The van der Waals surface area contributed by atoms with E-state index in [1.54, 1.807) is 13.2 Å². The van der Waals surface area contributed by atoms with Gasteiger partial charge in [0.15, 0.2) is 0 Å². The van der Waals surface area contributed by atoms with E-state index in [4.69, 9.17) is 26.8 Å². The van der Waals surface area contributed by atoms with E-state index in [0.717, 1.165) is 16.9 Å². The molecule has 0 fully saturated rings. The molecule has 100 valence electrons. The molecule has 0 aromatic heterocycles. The van der Waals surface area contributed by atoms with Crippen LogP contribution in [0.4, 0.5) is 5.69 Å². The van der Waals surface area contributed by atoms with Crippen molar-refractivity contribution >= 4 is 17.3 Å². The third kappa shape index (κ3) is 3.88. The first kappa shape index (κ1) is 13.7. The molecule has 2 aromatic carbocycles. The summed E-state index contributed by atoms with van der Waals surface area (Å²) in [5.74, 6) is 0.742. The minimum atomic E-state index is 0.468. The maximum atomic E-state index is 5.92. The Morgan fingerprint density at radius 2 is 1.95 bits per heavy atom. The Hall–Kier alpha value is -1.71. The second-order valence-corrected chi connectivity index (χ2v) is 4.63. The van der Waals surface area contributed by atoms with E-state index in [2.05, 4.69) is 0 Å². The molecule has 0 unspecified atom stereocenters. The van der Waals surface area contributed by atoms with Gasteiger partial charge in [0.2, 0.25) is 0 Å². The first-order valence-corrected chi connectivity index (χ1v) is 6.31. The van der Waals surface area contributed by atoms with Crippen LogP contribution in [-0.4, -0.2) is 7.11 Å². The zero-order chi connectivity index (χ0) is 13.7. The smallest absolute Gasteiger partial charge is 0.126 e. The van der Waals surface area contributed by atoms with Gasteiger partial charge in [-0.3, -0.25) is 0 Å². The van der Waals surface area contributed by atoms with Crippen molar-refractivity contribution in [1.82, 2.24) is 0 Å². The van der Waals surface area contributed by atoms with Gasteiger partial charge in [0.05, 0.1) is 20.3 Å². The summed E-state index contributed by atoms with van der Waals surface area (Å²) >= 11 is 5.92. The molecule has 0 saturated carbocycles. The summed E-state index contributed by atoms with van der Waals surface area (Å²) in [5.41, 5.74) is 8.39. The molecule has 0 saturated heterocycles. The van der Waals surface area contributed by atoms with Gasteiger partial charge in [-0.25, -0.2) is 0 Å². The number of nitrogens with two attached hydrogens (primary N) is 1. The van der Waals surface area contributed by atoms with Crippen molar-refractivity contribution < 1.29 is 9.47 Å². The molecule has 2 N–H and O–H groups in total. The highest BCUT2D eigenvalue weighted by Gasteiger charge is 2.04. The van der Waals surface area contributed by atoms with Crippen LogP contribution in [0.5, 0.6) is 5.75 Å². The molecule has 0 heterocycles. The van der Waals surface area contributed by atoms with Gasteiger partial charge in [0, 0.05) is 22.3 Å². The molecule has 4 heteroatoms. The zero-order valence-corrected chi connectivity index (χ0v) is 11.5. The third-order valence-electron chi connectivity index (χ3n) is 2.73. The van der Waals surface area contributed by atoms with Crippen molar-refractivity contribution in [3.05, 3.63) is 58.6 Å². The molecule has 19 heavy (non-hydrogen) atoms. The maximum Gasteiger partial charge on any atom is 0.126 e. The minimum Gasteiger partial charge on any atom is -0.496 e. The molecule has 0 aliphatic rings. The fourth-order valence-electron chi connectivity index (χ4n) is 1.79. The fourth-order valence-corrected chi connectivity index (χ4v) is 2.00. The monoisotopic (exact) mass is 277 g/mol. The molecular formula is C15H16ClNO2. The Balaban J connectivity index is 1.96. The van der Waals surface area contributed by atoms with E-state index in [1.807, 2.05) is 36.4 Å². The lowest BCUT2D eigenvalue weighted by Crippen LogP contribution is -1.98. The first-order valence-electron chi connectivity index (χ1n) is 5.93. The van der Waals surface area contributed by atoms with E-state index in [-0.39, 0.29) is 0 Å². The van der Waals surface area contributed by atoms with Crippen LogP contribution in [0, 0.1) is 0 Å². The zero-order valence-electron chi connectivity index (χ0n) is 10.7. The van der Waals surface area contributed by atoms with Gasteiger partial charge in [0.1, 0.15) is 5.75 Å². The van der Waals surface area contributed by atoms with E-state index >= 15 is 0 Å². The summed E-state index contributed by atoms with van der Waals surface area (Å²) in [6, 6.07) is 13.2. The van der Waals surface area contributed by atoms with Crippen molar-refractivity contribution in [2.45, 2.75) is 13.2 Å².